The van der Waals surface area contributed by atoms with Crippen LogP contribution in [-0.4, -0.2) is 57.2 Å². The quantitative estimate of drug-likeness (QED) is 0.351. The Balaban J connectivity index is 1.51. The predicted molar refractivity (Wildman–Crippen MR) is 105 cm³/mol. The first-order valence-electron chi connectivity index (χ1n) is 8.75. The van der Waals surface area contributed by atoms with Crippen LogP contribution >= 0.6 is 11.6 Å². The van der Waals surface area contributed by atoms with Crippen LogP contribution in [0.3, 0.4) is 0 Å². The van der Waals surface area contributed by atoms with Gasteiger partial charge in [-0.25, -0.2) is 8.42 Å². The van der Waals surface area contributed by atoms with Crippen molar-refractivity contribution in [2.45, 2.75) is 4.90 Å². The lowest BCUT2D eigenvalue weighted by Crippen LogP contribution is -2.40. The Morgan fingerprint density at radius 1 is 1.07 bits per heavy atom. The molecule has 1 aliphatic rings. The van der Waals surface area contributed by atoms with Crippen LogP contribution in [0.15, 0.2) is 47.4 Å². The SMILES string of the molecule is O=[N+]([O-])c1ccc(OCCOc2ccc(S(=O)(=O)N3CCOCC3)cc2)c(Cl)c1. The number of nitro groups is 1. The maximum Gasteiger partial charge on any atom is 0.271 e. The fraction of sp³-hybridized carbons (Fsp3) is 0.333. The van der Waals surface area contributed by atoms with Gasteiger partial charge in [0.1, 0.15) is 24.7 Å². The van der Waals surface area contributed by atoms with Gasteiger partial charge in [0.2, 0.25) is 10.0 Å². The van der Waals surface area contributed by atoms with Crippen molar-refractivity contribution in [1.82, 2.24) is 4.31 Å². The second-order valence-corrected chi connectivity index (χ2v) is 8.40. The van der Waals surface area contributed by atoms with Crippen LogP contribution in [0.2, 0.25) is 5.02 Å². The van der Waals surface area contributed by atoms with Gasteiger partial charge in [-0.1, -0.05) is 11.6 Å². The normalized spacial score (nSPS) is 15.1. The van der Waals surface area contributed by atoms with Gasteiger partial charge in [0, 0.05) is 25.2 Å². The lowest BCUT2D eigenvalue weighted by molar-refractivity contribution is -0.384. The maximum absolute atomic E-state index is 12.6. The average molecular weight is 443 g/mol. The summed E-state index contributed by atoms with van der Waals surface area (Å²) in [4.78, 5) is 10.4. The summed E-state index contributed by atoms with van der Waals surface area (Å²) in [7, 11) is -3.54. The fourth-order valence-electron chi connectivity index (χ4n) is 2.68. The summed E-state index contributed by atoms with van der Waals surface area (Å²) in [5.41, 5.74) is -0.120. The van der Waals surface area contributed by atoms with E-state index >= 15 is 0 Å². The molecule has 0 saturated carbocycles. The standard InChI is InChI=1S/C18H19ClN2O7S/c19-17-13-14(21(22)23)1-6-18(17)28-12-11-27-15-2-4-16(5-3-15)29(24,25)20-7-9-26-10-8-20/h1-6,13H,7-12H2. The Labute approximate surface area is 172 Å². The Kier molecular flexibility index (Phi) is 6.91. The molecule has 0 unspecified atom stereocenters. The number of nitro benzene ring substituents is 1. The van der Waals surface area contributed by atoms with E-state index in [9.17, 15) is 18.5 Å². The number of halogens is 1. The van der Waals surface area contributed by atoms with E-state index in [0.717, 1.165) is 0 Å². The first-order valence-corrected chi connectivity index (χ1v) is 10.6. The molecule has 3 rings (SSSR count). The number of ether oxygens (including phenoxy) is 3. The highest BCUT2D eigenvalue weighted by Crippen LogP contribution is 2.28. The molecule has 0 bridgehead atoms. The molecule has 29 heavy (non-hydrogen) atoms. The summed E-state index contributed by atoms with van der Waals surface area (Å²) in [6.07, 6.45) is 0. The topological polar surface area (TPSA) is 108 Å². The van der Waals surface area contributed by atoms with Crippen molar-refractivity contribution in [2.24, 2.45) is 0 Å². The highest BCUT2D eigenvalue weighted by molar-refractivity contribution is 7.89. The Hall–Kier alpha value is -2.40. The van der Waals surface area contributed by atoms with E-state index in [1.54, 1.807) is 12.1 Å². The van der Waals surface area contributed by atoms with Crippen molar-refractivity contribution in [1.29, 1.82) is 0 Å². The number of morpholine rings is 1. The van der Waals surface area contributed by atoms with E-state index in [1.165, 1.54) is 34.6 Å². The number of non-ortho nitro benzene ring substituents is 1. The lowest BCUT2D eigenvalue weighted by atomic mass is 10.3. The van der Waals surface area contributed by atoms with Crippen molar-refractivity contribution >= 4 is 27.3 Å². The molecular formula is C18H19ClN2O7S. The van der Waals surface area contributed by atoms with Crippen molar-refractivity contribution < 1.29 is 27.6 Å². The zero-order chi connectivity index (χ0) is 20.9. The van der Waals surface area contributed by atoms with E-state index in [4.69, 9.17) is 25.8 Å². The second-order valence-electron chi connectivity index (χ2n) is 6.06. The number of nitrogens with zero attached hydrogens (tertiary/aromatic N) is 2. The van der Waals surface area contributed by atoms with Crippen LogP contribution in [0.5, 0.6) is 11.5 Å². The highest BCUT2D eigenvalue weighted by Gasteiger charge is 2.26. The van der Waals surface area contributed by atoms with Crippen LogP contribution in [0, 0.1) is 10.1 Å². The van der Waals surface area contributed by atoms with Gasteiger partial charge in [-0.2, -0.15) is 4.31 Å². The summed E-state index contributed by atoms with van der Waals surface area (Å²) >= 11 is 5.95. The van der Waals surface area contributed by atoms with E-state index in [1.807, 2.05) is 0 Å². The monoisotopic (exact) mass is 442 g/mol. The van der Waals surface area contributed by atoms with Gasteiger partial charge in [-0.05, 0) is 30.3 Å². The summed E-state index contributed by atoms with van der Waals surface area (Å²) < 4.78 is 42.7. The van der Waals surface area contributed by atoms with Gasteiger partial charge >= 0.3 is 0 Å². The molecule has 9 nitrogen and oxygen atoms in total. The number of benzene rings is 2. The van der Waals surface area contributed by atoms with Crippen molar-refractivity contribution in [3.63, 3.8) is 0 Å². The van der Waals surface area contributed by atoms with Gasteiger partial charge in [0.25, 0.3) is 5.69 Å². The smallest absolute Gasteiger partial charge is 0.271 e. The van der Waals surface area contributed by atoms with E-state index in [-0.39, 0.29) is 28.8 Å². The van der Waals surface area contributed by atoms with E-state index in [0.29, 0.717) is 37.8 Å². The molecule has 0 amide bonds. The van der Waals surface area contributed by atoms with E-state index in [2.05, 4.69) is 0 Å². The Morgan fingerprint density at radius 3 is 2.34 bits per heavy atom. The first-order chi connectivity index (χ1) is 13.9. The number of hydrogen-bond acceptors (Lipinski definition) is 7. The van der Waals surface area contributed by atoms with Crippen LogP contribution in [0.1, 0.15) is 0 Å². The second kappa shape index (κ2) is 9.40. The van der Waals surface area contributed by atoms with Crippen molar-refractivity contribution in [2.75, 3.05) is 39.5 Å². The van der Waals surface area contributed by atoms with Crippen LogP contribution < -0.4 is 9.47 Å². The van der Waals surface area contributed by atoms with Gasteiger partial charge in [0.05, 0.1) is 28.1 Å². The van der Waals surface area contributed by atoms with E-state index < -0.39 is 14.9 Å². The third-order valence-corrected chi connectivity index (χ3v) is 6.38. The van der Waals surface area contributed by atoms with Crippen molar-refractivity contribution in [3.8, 4) is 11.5 Å². The zero-order valence-electron chi connectivity index (χ0n) is 15.3. The molecule has 2 aromatic rings. The Morgan fingerprint density at radius 2 is 1.72 bits per heavy atom. The summed E-state index contributed by atoms with van der Waals surface area (Å²) in [5, 5.41) is 10.8. The molecule has 156 valence electrons. The fourth-order valence-corrected chi connectivity index (χ4v) is 4.31. The lowest BCUT2D eigenvalue weighted by Gasteiger charge is -2.26. The minimum Gasteiger partial charge on any atom is -0.490 e. The van der Waals surface area contributed by atoms with Crippen molar-refractivity contribution in [3.05, 3.63) is 57.6 Å². The predicted octanol–water partition coefficient (Wildman–Crippen LogP) is 2.73. The van der Waals surface area contributed by atoms with Gasteiger partial charge in [0.15, 0.2) is 0 Å². The molecule has 2 aromatic carbocycles. The van der Waals surface area contributed by atoms with Crippen LogP contribution in [0.25, 0.3) is 0 Å². The van der Waals surface area contributed by atoms with Gasteiger partial charge in [-0.3, -0.25) is 10.1 Å². The molecule has 1 saturated heterocycles. The third-order valence-electron chi connectivity index (χ3n) is 4.17. The van der Waals surface area contributed by atoms with Gasteiger partial charge < -0.3 is 14.2 Å². The number of hydrogen-bond donors (Lipinski definition) is 0. The molecule has 1 fully saturated rings. The summed E-state index contributed by atoms with van der Waals surface area (Å²) in [6, 6.07) is 10.1. The summed E-state index contributed by atoms with van der Waals surface area (Å²) in [5.74, 6) is 0.803. The molecule has 0 spiro atoms. The molecule has 11 heteroatoms. The average Bonchev–Trinajstić information content (AvgIpc) is 2.73. The molecule has 0 atom stereocenters. The largest absolute Gasteiger partial charge is 0.490 e. The minimum absolute atomic E-state index is 0.120. The maximum atomic E-state index is 12.6. The van der Waals surface area contributed by atoms with Gasteiger partial charge in [-0.15, -0.1) is 0 Å². The molecule has 0 radical (unpaired) electrons. The molecule has 0 aliphatic carbocycles. The minimum atomic E-state index is -3.54. The number of sulfonamides is 1. The Bertz CT molecular complexity index is 961. The third kappa shape index (κ3) is 5.36. The first kappa shape index (κ1) is 21.3. The summed E-state index contributed by atoms with van der Waals surface area (Å²) in [6.45, 7) is 1.79. The molecular weight excluding hydrogens is 424 g/mol. The number of rotatable bonds is 8. The molecule has 1 aliphatic heterocycles. The van der Waals surface area contributed by atoms with Crippen LogP contribution in [-0.2, 0) is 14.8 Å². The highest BCUT2D eigenvalue weighted by atomic mass is 35.5. The van der Waals surface area contributed by atoms with Crippen LogP contribution in [0.4, 0.5) is 5.69 Å². The molecule has 0 N–H and O–H groups in total. The zero-order valence-corrected chi connectivity index (χ0v) is 16.9. The molecule has 1 heterocycles. The molecule has 0 aromatic heterocycles.